The van der Waals surface area contributed by atoms with Crippen LogP contribution in [0.25, 0.3) is 5.65 Å². The van der Waals surface area contributed by atoms with Crippen molar-refractivity contribution in [3.63, 3.8) is 0 Å². The van der Waals surface area contributed by atoms with Gasteiger partial charge in [0.2, 0.25) is 0 Å². The molecule has 5 nitrogen and oxygen atoms in total. The highest BCUT2D eigenvalue weighted by molar-refractivity contribution is 9.11. The highest BCUT2D eigenvalue weighted by Gasteiger charge is 2.09. The summed E-state index contributed by atoms with van der Waals surface area (Å²) in [4.78, 5) is 8.84. The molecule has 0 amide bonds. The Hall–Kier alpha value is -1.60. The van der Waals surface area contributed by atoms with Crippen LogP contribution >= 0.6 is 31.9 Å². The zero-order valence-corrected chi connectivity index (χ0v) is 13.7. The zero-order valence-electron chi connectivity index (χ0n) is 10.6. The van der Waals surface area contributed by atoms with E-state index in [4.69, 9.17) is 0 Å². The molecule has 2 heterocycles. The van der Waals surface area contributed by atoms with Gasteiger partial charge < -0.3 is 15.0 Å². The molecule has 7 heteroatoms. The maximum atomic E-state index is 4.51. The lowest BCUT2D eigenvalue weighted by molar-refractivity contribution is 1.12. The molecule has 2 aromatic heterocycles. The van der Waals surface area contributed by atoms with E-state index in [0.717, 1.165) is 26.1 Å². The van der Waals surface area contributed by atoms with Gasteiger partial charge in [-0.3, -0.25) is 0 Å². The number of anilines is 3. The monoisotopic (exact) mass is 395 g/mol. The van der Waals surface area contributed by atoms with Crippen LogP contribution in [-0.2, 0) is 0 Å². The topological polar surface area (TPSA) is 54.2 Å². The lowest BCUT2D eigenvalue weighted by Crippen LogP contribution is -2.02. The third-order valence-electron chi connectivity index (χ3n) is 2.81. The number of nitrogens with zero attached hydrogens (tertiary/aromatic N) is 3. The second-order valence-electron chi connectivity index (χ2n) is 4.13. The van der Waals surface area contributed by atoms with E-state index in [1.54, 1.807) is 6.20 Å². The van der Waals surface area contributed by atoms with Gasteiger partial charge in [0.1, 0.15) is 5.82 Å². The number of hydrogen-bond acceptors (Lipinski definition) is 4. The molecule has 0 radical (unpaired) electrons. The average Bonchev–Trinajstić information content (AvgIpc) is 2.90. The van der Waals surface area contributed by atoms with E-state index in [0.29, 0.717) is 5.82 Å². The molecule has 0 aliphatic heterocycles. The largest absolute Gasteiger partial charge is 0.372 e. The summed E-state index contributed by atoms with van der Waals surface area (Å²) in [6, 6.07) is 5.92. The Morgan fingerprint density at radius 2 is 2.10 bits per heavy atom. The van der Waals surface area contributed by atoms with Gasteiger partial charge in [0.25, 0.3) is 0 Å². The molecule has 0 atom stereocenters. The molecule has 0 fully saturated rings. The van der Waals surface area contributed by atoms with Crippen molar-refractivity contribution in [1.82, 2.24) is 14.4 Å². The Kier molecular flexibility index (Phi) is 3.62. The van der Waals surface area contributed by atoms with Crippen LogP contribution in [0.3, 0.4) is 0 Å². The van der Waals surface area contributed by atoms with Crippen LogP contribution in [0.5, 0.6) is 0 Å². The third-order valence-corrected chi connectivity index (χ3v) is 3.96. The molecule has 102 valence electrons. The van der Waals surface area contributed by atoms with E-state index in [1.165, 1.54) is 0 Å². The predicted octanol–water partition coefficient (Wildman–Crippen LogP) is 4.04. The lowest BCUT2D eigenvalue weighted by atomic mass is 10.3. The molecule has 0 spiro atoms. The maximum Gasteiger partial charge on any atom is 0.180 e. The number of fused-ring (bicyclic) bond motifs is 1. The van der Waals surface area contributed by atoms with E-state index < -0.39 is 0 Å². The van der Waals surface area contributed by atoms with Gasteiger partial charge in [-0.05, 0) is 34.1 Å². The quantitative estimate of drug-likeness (QED) is 0.701. The first-order valence-electron chi connectivity index (χ1n) is 5.91. The van der Waals surface area contributed by atoms with Crippen LogP contribution in [0.4, 0.5) is 17.3 Å². The fraction of sp³-hybridized carbons (Fsp3) is 0.0769. The van der Waals surface area contributed by atoms with Crippen LogP contribution in [-0.4, -0.2) is 21.4 Å². The van der Waals surface area contributed by atoms with Crippen molar-refractivity contribution in [1.29, 1.82) is 0 Å². The first kappa shape index (κ1) is 13.4. The average molecular weight is 397 g/mol. The lowest BCUT2D eigenvalue weighted by Gasteiger charge is -2.11. The molecule has 3 rings (SSSR count). The minimum Gasteiger partial charge on any atom is -0.372 e. The number of nitrogens with one attached hydrogen (secondary N) is 2. The Morgan fingerprint density at radius 1 is 1.25 bits per heavy atom. The van der Waals surface area contributed by atoms with Crippen LogP contribution in [0.1, 0.15) is 0 Å². The Bertz CT molecular complexity index is 769. The normalized spacial score (nSPS) is 10.8. The molecule has 0 aliphatic carbocycles. The van der Waals surface area contributed by atoms with Crippen molar-refractivity contribution in [2.75, 3.05) is 17.7 Å². The molecule has 0 aliphatic rings. The summed E-state index contributed by atoms with van der Waals surface area (Å²) in [6.07, 6.45) is 5.53. The first-order chi connectivity index (χ1) is 9.67. The summed E-state index contributed by atoms with van der Waals surface area (Å²) < 4.78 is 3.89. The van der Waals surface area contributed by atoms with Crippen LogP contribution in [0.15, 0.2) is 45.7 Å². The highest BCUT2D eigenvalue weighted by atomic mass is 79.9. The number of imidazole rings is 1. The fourth-order valence-electron chi connectivity index (χ4n) is 1.85. The highest BCUT2D eigenvalue weighted by Crippen LogP contribution is 2.29. The fourth-order valence-corrected chi connectivity index (χ4v) is 3.00. The number of hydrogen-bond donors (Lipinski definition) is 2. The van der Waals surface area contributed by atoms with E-state index >= 15 is 0 Å². The summed E-state index contributed by atoms with van der Waals surface area (Å²) >= 11 is 6.97. The van der Waals surface area contributed by atoms with Crippen LogP contribution in [0, 0.1) is 0 Å². The molecule has 0 saturated carbocycles. The van der Waals surface area contributed by atoms with Crippen molar-refractivity contribution < 1.29 is 0 Å². The molecular formula is C13H11Br2N5. The van der Waals surface area contributed by atoms with Gasteiger partial charge in [-0.1, -0.05) is 15.9 Å². The van der Waals surface area contributed by atoms with Crippen molar-refractivity contribution in [3.8, 4) is 0 Å². The maximum absolute atomic E-state index is 4.51. The van der Waals surface area contributed by atoms with Gasteiger partial charge in [0.05, 0.1) is 11.9 Å². The van der Waals surface area contributed by atoms with Crippen LogP contribution < -0.4 is 10.6 Å². The van der Waals surface area contributed by atoms with Gasteiger partial charge in [0.15, 0.2) is 11.5 Å². The van der Waals surface area contributed by atoms with E-state index in [-0.39, 0.29) is 0 Å². The predicted molar refractivity (Wildman–Crippen MR) is 87.7 cm³/mol. The molecule has 2 N–H and O–H groups in total. The van der Waals surface area contributed by atoms with E-state index in [2.05, 4.69) is 52.5 Å². The summed E-state index contributed by atoms with van der Waals surface area (Å²) in [5, 5.41) is 6.34. The van der Waals surface area contributed by atoms with Gasteiger partial charge >= 0.3 is 0 Å². The minimum atomic E-state index is 0.699. The zero-order chi connectivity index (χ0) is 14.1. The molecule has 1 aromatic carbocycles. The third kappa shape index (κ3) is 2.51. The van der Waals surface area contributed by atoms with Gasteiger partial charge in [0, 0.05) is 28.4 Å². The first-order valence-corrected chi connectivity index (χ1v) is 7.49. The number of aromatic nitrogens is 3. The van der Waals surface area contributed by atoms with E-state index in [9.17, 15) is 0 Å². The van der Waals surface area contributed by atoms with Crippen LogP contribution in [0.2, 0.25) is 0 Å². The summed E-state index contributed by atoms with van der Waals surface area (Å²) in [5.41, 5.74) is 1.71. The van der Waals surface area contributed by atoms with Gasteiger partial charge in [-0.2, -0.15) is 0 Å². The molecule has 0 bridgehead atoms. The standard InChI is InChI=1S/C13H11Br2N5/c1-16-11-7-20-5-4-17-13(20)12(19-11)18-10-3-2-8(14)6-9(10)15/h2-7,16H,1H3,(H,18,19). The summed E-state index contributed by atoms with van der Waals surface area (Å²) in [5.74, 6) is 1.47. The van der Waals surface area contributed by atoms with Crippen molar-refractivity contribution in [2.24, 2.45) is 0 Å². The minimum absolute atomic E-state index is 0.699. The molecule has 0 unspecified atom stereocenters. The molecule has 20 heavy (non-hydrogen) atoms. The Balaban J connectivity index is 2.07. The summed E-state index contributed by atoms with van der Waals surface area (Å²) in [6.45, 7) is 0. The Labute approximate surface area is 132 Å². The van der Waals surface area contributed by atoms with Gasteiger partial charge in [-0.25, -0.2) is 9.97 Å². The molecular weight excluding hydrogens is 386 g/mol. The SMILES string of the molecule is CNc1cn2ccnc2c(Nc2ccc(Br)cc2Br)n1. The second kappa shape index (κ2) is 5.41. The number of halogens is 2. The number of benzene rings is 1. The second-order valence-corrected chi connectivity index (χ2v) is 5.90. The van der Waals surface area contributed by atoms with Crippen molar-refractivity contribution >= 4 is 54.8 Å². The van der Waals surface area contributed by atoms with Crippen molar-refractivity contribution in [3.05, 3.63) is 45.7 Å². The van der Waals surface area contributed by atoms with Crippen molar-refractivity contribution in [2.45, 2.75) is 0 Å². The molecule has 3 aromatic rings. The van der Waals surface area contributed by atoms with E-state index in [1.807, 2.05) is 42.0 Å². The summed E-state index contributed by atoms with van der Waals surface area (Å²) in [7, 11) is 1.84. The van der Waals surface area contributed by atoms with Gasteiger partial charge in [-0.15, -0.1) is 0 Å². The Morgan fingerprint density at radius 3 is 2.85 bits per heavy atom. The molecule has 0 saturated heterocycles. The number of rotatable bonds is 3. The smallest absolute Gasteiger partial charge is 0.180 e.